The normalized spacial score (nSPS) is 10.7. The first kappa shape index (κ1) is 10.7. The van der Waals surface area contributed by atoms with E-state index >= 15 is 0 Å². The third-order valence-corrected chi connectivity index (χ3v) is 2.96. The minimum absolute atomic E-state index is 0.105. The van der Waals surface area contributed by atoms with Gasteiger partial charge in [0.15, 0.2) is 0 Å². The topological polar surface area (TPSA) is 58.6 Å². The summed E-state index contributed by atoms with van der Waals surface area (Å²) in [5, 5.41) is 1.04. The van der Waals surface area contributed by atoms with Crippen molar-refractivity contribution in [1.82, 2.24) is 15.0 Å². The summed E-state index contributed by atoms with van der Waals surface area (Å²) in [5.41, 5.74) is 3.10. The van der Waals surface area contributed by atoms with E-state index in [1.165, 1.54) is 6.33 Å². The van der Waals surface area contributed by atoms with Gasteiger partial charge in [0.25, 0.3) is 5.56 Å². The van der Waals surface area contributed by atoms with E-state index in [-0.39, 0.29) is 5.56 Å². The highest BCUT2D eigenvalue weighted by molar-refractivity contribution is 5.83. The number of rotatable bonds is 1. The lowest BCUT2D eigenvalue weighted by Crippen LogP contribution is -2.11. The lowest BCUT2D eigenvalue weighted by molar-refractivity contribution is 1.08. The van der Waals surface area contributed by atoms with Crippen molar-refractivity contribution >= 4 is 10.9 Å². The van der Waals surface area contributed by atoms with Crippen molar-refractivity contribution < 1.29 is 0 Å². The molecule has 4 heteroatoms. The summed E-state index contributed by atoms with van der Waals surface area (Å²) in [6.45, 7) is 1.77. The molecule has 0 saturated carbocycles. The van der Waals surface area contributed by atoms with Crippen LogP contribution in [0, 0.1) is 6.92 Å². The zero-order valence-corrected chi connectivity index (χ0v) is 9.84. The Morgan fingerprint density at radius 1 is 1.17 bits per heavy atom. The number of nitrogens with zero attached hydrogens (tertiary/aromatic N) is 2. The molecular weight excluding hydrogens is 226 g/mol. The maximum atomic E-state index is 11.6. The Bertz CT molecular complexity index is 777. The summed E-state index contributed by atoms with van der Waals surface area (Å²) in [7, 11) is 0. The van der Waals surface area contributed by atoms with Crippen molar-refractivity contribution in [3.05, 3.63) is 58.8 Å². The molecule has 0 aliphatic rings. The van der Waals surface area contributed by atoms with Crippen LogP contribution in [0.2, 0.25) is 0 Å². The smallest absolute Gasteiger partial charge is 0.254 e. The van der Waals surface area contributed by atoms with Gasteiger partial charge in [-0.2, -0.15) is 0 Å². The molecule has 0 aliphatic heterocycles. The van der Waals surface area contributed by atoms with Crippen LogP contribution < -0.4 is 5.56 Å². The van der Waals surface area contributed by atoms with Gasteiger partial charge < -0.3 is 4.98 Å². The van der Waals surface area contributed by atoms with E-state index in [1.807, 2.05) is 30.3 Å². The minimum Gasteiger partial charge on any atom is -0.313 e. The molecule has 2 aromatic heterocycles. The van der Waals surface area contributed by atoms with Crippen LogP contribution in [0.1, 0.15) is 5.56 Å². The monoisotopic (exact) mass is 237 g/mol. The lowest BCUT2D eigenvalue weighted by Gasteiger charge is -2.04. The summed E-state index contributed by atoms with van der Waals surface area (Å²) in [5.74, 6) is 0. The Balaban J connectivity index is 2.26. The molecule has 0 saturated heterocycles. The van der Waals surface area contributed by atoms with Crippen molar-refractivity contribution in [2.75, 3.05) is 0 Å². The third kappa shape index (κ3) is 1.68. The molecule has 0 amide bonds. The van der Waals surface area contributed by atoms with Crippen molar-refractivity contribution in [3.63, 3.8) is 0 Å². The Morgan fingerprint density at radius 3 is 2.94 bits per heavy atom. The molecule has 1 aromatic carbocycles. The van der Waals surface area contributed by atoms with Gasteiger partial charge >= 0.3 is 0 Å². The molecule has 0 bridgehead atoms. The highest BCUT2D eigenvalue weighted by Gasteiger charge is 2.07. The Morgan fingerprint density at radius 2 is 2.06 bits per heavy atom. The maximum absolute atomic E-state index is 11.6. The molecule has 0 unspecified atom stereocenters. The Hall–Kier alpha value is -2.49. The quantitative estimate of drug-likeness (QED) is 0.706. The second-order valence-corrected chi connectivity index (χ2v) is 4.12. The number of hydrogen-bond donors (Lipinski definition) is 1. The lowest BCUT2D eigenvalue weighted by atomic mass is 10.1. The zero-order valence-electron chi connectivity index (χ0n) is 9.84. The first-order valence-corrected chi connectivity index (χ1v) is 5.65. The molecule has 0 fully saturated rings. The fourth-order valence-electron chi connectivity index (χ4n) is 1.98. The Labute approximate surface area is 103 Å². The van der Waals surface area contributed by atoms with Crippen LogP contribution in [-0.4, -0.2) is 15.0 Å². The van der Waals surface area contributed by atoms with Crippen LogP contribution in [0.15, 0.2) is 47.7 Å². The summed E-state index contributed by atoms with van der Waals surface area (Å²) < 4.78 is 0. The molecule has 18 heavy (non-hydrogen) atoms. The number of H-pyrrole nitrogens is 1. The summed E-state index contributed by atoms with van der Waals surface area (Å²) in [6.07, 6.45) is 3.19. The van der Waals surface area contributed by atoms with E-state index in [0.717, 1.165) is 16.5 Å². The minimum atomic E-state index is -0.105. The first-order chi connectivity index (χ1) is 8.75. The van der Waals surface area contributed by atoms with Gasteiger partial charge in [0, 0.05) is 22.7 Å². The van der Waals surface area contributed by atoms with Crippen molar-refractivity contribution in [2.24, 2.45) is 0 Å². The van der Waals surface area contributed by atoms with Crippen LogP contribution >= 0.6 is 0 Å². The second kappa shape index (κ2) is 4.07. The van der Waals surface area contributed by atoms with Crippen LogP contribution in [-0.2, 0) is 0 Å². The number of fused-ring (bicyclic) bond motifs is 1. The van der Waals surface area contributed by atoms with Crippen molar-refractivity contribution in [2.45, 2.75) is 6.92 Å². The number of aromatic nitrogens is 3. The second-order valence-electron chi connectivity index (χ2n) is 4.12. The number of hydrogen-bond acceptors (Lipinski definition) is 3. The van der Waals surface area contributed by atoms with Crippen LogP contribution in [0.5, 0.6) is 0 Å². The number of pyridine rings is 1. The molecule has 1 N–H and O–H groups in total. The van der Waals surface area contributed by atoms with E-state index in [4.69, 9.17) is 0 Å². The van der Waals surface area contributed by atoms with Gasteiger partial charge in [-0.15, -0.1) is 0 Å². The summed E-state index contributed by atoms with van der Waals surface area (Å²) in [4.78, 5) is 22.6. The number of aromatic amines is 1. The number of benzene rings is 1. The molecule has 0 aliphatic carbocycles. The average Bonchev–Trinajstić information content (AvgIpc) is 2.41. The molecule has 0 spiro atoms. The van der Waals surface area contributed by atoms with Gasteiger partial charge in [0.05, 0.1) is 17.5 Å². The van der Waals surface area contributed by atoms with E-state index < -0.39 is 0 Å². The third-order valence-electron chi connectivity index (χ3n) is 2.96. The molecule has 88 valence electrons. The summed E-state index contributed by atoms with van der Waals surface area (Å²) >= 11 is 0. The highest BCUT2D eigenvalue weighted by Crippen LogP contribution is 2.22. The fourth-order valence-corrected chi connectivity index (χ4v) is 1.98. The fraction of sp³-hybridized carbons (Fsp3) is 0.0714. The predicted octanol–water partition coefficient (Wildman–Crippen LogP) is 2.29. The summed E-state index contributed by atoms with van der Waals surface area (Å²) in [6, 6.07) is 9.76. The molecule has 0 atom stereocenters. The standard InChI is InChI=1S/C14H11N3O/c1-9-13(16-8-17-14(9)18)11-4-5-12-10(7-11)3-2-6-15-12/h2-8H,1H3,(H,16,17,18). The SMILES string of the molecule is Cc1c(-c2ccc3ncccc3c2)nc[nH]c1=O. The van der Waals surface area contributed by atoms with Gasteiger partial charge in [0.1, 0.15) is 0 Å². The molecule has 3 rings (SSSR count). The predicted molar refractivity (Wildman–Crippen MR) is 70.3 cm³/mol. The average molecular weight is 237 g/mol. The first-order valence-electron chi connectivity index (χ1n) is 5.65. The molecule has 3 aromatic rings. The molecule has 2 heterocycles. The van der Waals surface area contributed by atoms with Gasteiger partial charge in [-0.25, -0.2) is 4.98 Å². The molecular formula is C14H11N3O. The van der Waals surface area contributed by atoms with Crippen molar-refractivity contribution in [1.29, 1.82) is 0 Å². The van der Waals surface area contributed by atoms with Crippen LogP contribution in [0.4, 0.5) is 0 Å². The molecule has 0 radical (unpaired) electrons. The van der Waals surface area contributed by atoms with Crippen LogP contribution in [0.25, 0.3) is 22.2 Å². The van der Waals surface area contributed by atoms with Gasteiger partial charge in [0.2, 0.25) is 0 Å². The van der Waals surface area contributed by atoms with Gasteiger partial charge in [-0.05, 0) is 25.1 Å². The van der Waals surface area contributed by atoms with E-state index in [2.05, 4.69) is 15.0 Å². The van der Waals surface area contributed by atoms with Crippen LogP contribution in [0.3, 0.4) is 0 Å². The Kier molecular flexibility index (Phi) is 2.41. The molecule has 4 nitrogen and oxygen atoms in total. The van der Waals surface area contributed by atoms with Gasteiger partial charge in [-0.3, -0.25) is 9.78 Å². The van der Waals surface area contributed by atoms with Crippen molar-refractivity contribution in [3.8, 4) is 11.3 Å². The largest absolute Gasteiger partial charge is 0.313 e. The zero-order chi connectivity index (χ0) is 12.5. The van der Waals surface area contributed by atoms with E-state index in [1.54, 1.807) is 13.1 Å². The maximum Gasteiger partial charge on any atom is 0.254 e. The van der Waals surface area contributed by atoms with E-state index in [9.17, 15) is 4.79 Å². The number of nitrogens with one attached hydrogen (secondary N) is 1. The van der Waals surface area contributed by atoms with Gasteiger partial charge in [-0.1, -0.05) is 12.1 Å². The van der Waals surface area contributed by atoms with E-state index in [0.29, 0.717) is 11.3 Å². The highest BCUT2D eigenvalue weighted by atomic mass is 16.1.